The van der Waals surface area contributed by atoms with Gasteiger partial charge >= 0.3 is 0 Å². The van der Waals surface area contributed by atoms with Crippen LogP contribution in [0.2, 0.25) is 0 Å². The molecule has 0 unspecified atom stereocenters. The van der Waals surface area contributed by atoms with Crippen molar-refractivity contribution in [3.05, 3.63) is 66.7 Å². The molecule has 0 aliphatic heterocycles. The molecule has 4 aromatic rings. The molecule has 1 nitrogen and oxygen atoms in total. The summed E-state index contributed by atoms with van der Waals surface area (Å²) in [6.07, 6.45) is 0. The summed E-state index contributed by atoms with van der Waals surface area (Å²) in [7, 11) is 1.73. The lowest BCUT2D eigenvalue weighted by molar-refractivity contribution is 0.420. The molecular weight excluding hydrogens is 244 g/mol. The van der Waals surface area contributed by atoms with E-state index >= 15 is 0 Å². The molecule has 0 bridgehead atoms. The van der Waals surface area contributed by atoms with Gasteiger partial charge in [-0.25, -0.2) is 0 Å². The fourth-order valence-corrected chi connectivity index (χ4v) is 3.00. The summed E-state index contributed by atoms with van der Waals surface area (Å²) < 4.78 is 5.58. The summed E-state index contributed by atoms with van der Waals surface area (Å²) in [5.74, 6) is 0.935. The lowest BCUT2D eigenvalue weighted by Crippen LogP contribution is -1.87. The molecule has 0 radical (unpaired) electrons. The van der Waals surface area contributed by atoms with Gasteiger partial charge in [-0.05, 0) is 33.0 Å². The fourth-order valence-electron chi connectivity index (χ4n) is 3.00. The number of hydrogen-bond donors (Lipinski definition) is 0. The highest BCUT2D eigenvalue weighted by atomic mass is 16.5. The second-order valence-corrected chi connectivity index (χ2v) is 5.01. The second kappa shape index (κ2) is 4.24. The van der Waals surface area contributed by atoms with Gasteiger partial charge in [0.2, 0.25) is 0 Å². The third-order valence-corrected chi connectivity index (χ3v) is 3.95. The summed E-state index contributed by atoms with van der Waals surface area (Å²) in [6.45, 7) is 0. The molecule has 0 heterocycles. The first-order valence-electron chi connectivity index (χ1n) is 6.76. The Morgan fingerprint density at radius 3 is 2.05 bits per heavy atom. The molecule has 96 valence electrons. The third-order valence-electron chi connectivity index (χ3n) is 3.95. The standard InChI is InChI=1S/C19H14O/c1-20-19-12-18-14-7-3-2-6-13(14)10-11-16(18)15-8-4-5-9-17(15)19/h2-12H,1H3. The molecule has 0 amide bonds. The van der Waals surface area contributed by atoms with Crippen LogP contribution in [0.25, 0.3) is 32.3 Å². The average Bonchev–Trinajstić information content (AvgIpc) is 2.53. The molecule has 0 atom stereocenters. The predicted molar refractivity (Wildman–Crippen MR) is 85.5 cm³/mol. The molecule has 4 rings (SSSR count). The van der Waals surface area contributed by atoms with Gasteiger partial charge in [-0.3, -0.25) is 0 Å². The van der Waals surface area contributed by atoms with E-state index in [2.05, 4.69) is 66.7 Å². The molecule has 20 heavy (non-hydrogen) atoms. The molecule has 0 saturated heterocycles. The minimum absolute atomic E-state index is 0.935. The first kappa shape index (κ1) is 11.3. The van der Waals surface area contributed by atoms with Gasteiger partial charge in [0.05, 0.1) is 7.11 Å². The molecule has 0 saturated carbocycles. The predicted octanol–water partition coefficient (Wildman–Crippen LogP) is 5.15. The molecule has 0 aliphatic carbocycles. The fraction of sp³-hybridized carbons (Fsp3) is 0.0526. The molecule has 0 N–H and O–H groups in total. The first-order chi connectivity index (χ1) is 9.88. The number of methoxy groups -OCH3 is 1. The van der Waals surface area contributed by atoms with Crippen LogP contribution < -0.4 is 4.74 Å². The van der Waals surface area contributed by atoms with E-state index in [0.29, 0.717) is 0 Å². The van der Waals surface area contributed by atoms with E-state index < -0.39 is 0 Å². The van der Waals surface area contributed by atoms with Gasteiger partial charge in [-0.1, -0.05) is 60.7 Å². The second-order valence-electron chi connectivity index (χ2n) is 5.01. The van der Waals surface area contributed by atoms with Crippen molar-refractivity contribution in [2.75, 3.05) is 7.11 Å². The van der Waals surface area contributed by atoms with Crippen LogP contribution in [0, 0.1) is 0 Å². The van der Waals surface area contributed by atoms with E-state index in [1.807, 2.05) is 0 Å². The van der Waals surface area contributed by atoms with Crippen molar-refractivity contribution in [2.45, 2.75) is 0 Å². The van der Waals surface area contributed by atoms with E-state index in [4.69, 9.17) is 4.74 Å². The largest absolute Gasteiger partial charge is 0.496 e. The smallest absolute Gasteiger partial charge is 0.127 e. The summed E-state index contributed by atoms with van der Waals surface area (Å²) in [4.78, 5) is 0. The number of ether oxygens (including phenoxy) is 1. The number of hydrogen-bond acceptors (Lipinski definition) is 1. The van der Waals surface area contributed by atoms with E-state index in [1.54, 1.807) is 7.11 Å². The number of fused-ring (bicyclic) bond motifs is 5. The van der Waals surface area contributed by atoms with Crippen molar-refractivity contribution < 1.29 is 4.74 Å². The SMILES string of the molecule is COc1cc2c3ccccc3ccc2c2ccccc12. The lowest BCUT2D eigenvalue weighted by Gasteiger charge is -2.11. The Hall–Kier alpha value is -2.54. The minimum Gasteiger partial charge on any atom is -0.496 e. The minimum atomic E-state index is 0.935. The highest BCUT2D eigenvalue weighted by Crippen LogP contribution is 2.36. The van der Waals surface area contributed by atoms with Crippen molar-refractivity contribution in [2.24, 2.45) is 0 Å². The normalized spacial score (nSPS) is 11.2. The van der Waals surface area contributed by atoms with E-state index in [-0.39, 0.29) is 0 Å². The van der Waals surface area contributed by atoms with Crippen molar-refractivity contribution in [3.63, 3.8) is 0 Å². The van der Waals surface area contributed by atoms with E-state index in [1.165, 1.54) is 26.9 Å². The highest BCUT2D eigenvalue weighted by Gasteiger charge is 2.08. The summed E-state index contributed by atoms with van der Waals surface area (Å²) in [5, 5.41) is 7.47. The van der Waals surface area contributed by atoms with Crippen molar-refractivity contribution >= 4 is 32.3 Å². The van der Waals surface area contributed by atoms with Crippen LogP contribution >= 0.6 is 0 Å². The van der Waals surface area contributed by atoms with Crippen molar-refractivity contribution in [3.8, 4) is 5.75 Å². The highest BCUT2D eigenvalue weighted by molar-refractivity contribution is 6.18. The summed E-state index contributed by atoms with van der Waals surface area (Å²) in [5.41, 5.74) is 0. The summed E-state index contributed by atoms with van der Waals surface area (Å²) >= 11 is 0. The van der Waals surface area contributed by atoms with Gasteiger partial charge in [-0.2, -0.15) is 0 Å². The van der Waals surface area contributed by atoms with Crippen molar-refractivity contribution in [1.29, 1.82) is 0 Å². The van der Waals surface area contributed by atoms with Gasteiger partial charge < -0.3 is 4.74 Å². The van der Waals surface area contributed by atoms with Gasteiger partial charge in [0.1, 0.15) is 5.75 Å². The van der Waals surface area contributed by atoms with Crippen LogP contribution in [-0.4, -0.2) is 7.11 Å². The Morgan fingerprint density at radius 1 is 0.600 bits per heavy atom. The topological polar surface area (TPSA) is 9.23 Å². The molecule has 0 aromatic heterocycles. The zero-order chi connectivity index (χ0) is 13.5. The van der Waals surface area contributed by atoms with Crippen LogP contribution in [0.5, 0.6) is 5.75 Å². The van der Waals surface area contributed by atoms with Crippen LogP contribution in [0.3, 0.4) is 0 Å². The maximum Gasteiger partial charge on any atom is 0.127 e. The van der Waals surface area contributed by atoms with Gasteiger partial charge in [-0.15, -0.1) is 0 Å². The Kier molecular flexibility index (Phi) is 2.40. The number of rotatable bonds is 1. The van der Waals surface area contributed by atoms with Crippen molar-refractivity contribution in [1.82, 2.24) is 0 Å². The molecule has 4 aromatic carbocycles. The summed E-state index contributed by atoms with van der Waals surface area (Å²) in [6, 6.07) is 23.4. The zero-order valence-electron chi connectivity index (χ0n) is 11.3. The van der Waals surface area contributed by atoms with Crippen LogP contribution in [0.15, 0.2) is 66.7 Å². The Bertz CT molecular complexity index is 938. The monoisotopic (exact) mass is 258 g/mol. The van der Waals surface area contributed by atoms with Gasteiger partial charge in [0.15, 0.2) is 0 Å². The van der Waals surface area contributed by atoms with E-state index in [0.717, 1.165) is 11.1 Å². The maximum absolute atomic E-state index is 5.58. The van der Waals surface area contributed by atoms with Gasteiger partial charge in [0, 0.05) is 5.39 Å². The van der Waals surface area contributed by atoms with Crippen LogP contribution in [-0.2, 0) is 0 Å². The lowest BCUT2D eigenvalue weighted by atomic mass is 9.96. The quantitative estimate of drug-likeness (QED) is 0.429. The maximum atomic E-state index is 5.58. The van der Waals surface area contributed by atoms with Gasteiger partial charge in [0.25, 0.3) is 0 Å². The molecule has 0 fully saturated rings. The Morgan fingerprint density at radius 2 is 1.25 bits per heavy atom. The molecule has 1 heteroatoms. The van der Waals surface area contributed by atoms with Crippen LogP contribution in [0.1, 0.15) is 0 Å². The molecular formula is C19H14O. The zero-order valence-corrected chi connectivity index (χ0v) is 11.3. The first-order valence-corrected chi connectivity index (χ1v) is 6.76. The Labute approximate surface area is 117 Å². The van der Waals surface area contributed by atoms with E-state index in [9.17, 15) is 0 Å². The average molecular weight is 258 g/mol. The Balaban J connectivity index is 2.30. The number of benzene rings is 4. The molecule has 0 spiro atoms. The third kappa shape index (κ3) is 1.50. The van der Waals surface area contributed by atoms with Crippen LogP contribution in [0.4, 0.5) is 0 Å². The molecule has 0 aliphatic rings.